The van der Waals surface area contributed by atoms with Crippen LogP contribution < -0.4 is 5.32 Å². The molecule has 0 aliphatic rings. The van der Waals surface area contributed by atoms with Crippen molar-refractivity contribution in [2.24, 2.45) is 7.05 Å². The molecule has 0 saturated heterocycles. The van der Waals surface area contributed by atoms with Gasteiger partial charge in [-0.05, 0) is 19.1 Å². The van der Waals surface area contributed by atoms with Gasteiger partial charge in [-0.1, -0.05) is 17.3 Å². The molecule has 1 unspecified atom stereocenters. The Labute approximate surface area is 126 Å². The molecular weight excluding hydrogens is 282 g/mol. The first-order valence-corrected chi connectivity index (χ1v) is 6.64. The topological polar surface area (TPSA) is 101 Å². The third kappa shape index (κ3) is 2.18. The minimum absolute atomic E-state index is 0.296. The van der Waals surface area contributed by atoms with Crippen molar-refractivity contribution in [3.63, 3.8) is 0 Å². The lowest BCUT2D eigenvalue weighted by molar-refractivity contribution is -0.119. The summed E-state index contributed by atoms with van der Waals surface area (Å²) < 4.78 is 3.00. The molecule has 0 saturated carbocycles. The van der Waals surface area contributed by atoms with Gasteiger partial charge in [0.05, 0.1) is 11.7 Å². The number of carbonyl (C=O) groups excluding carboxylic acids is 1. The Bertz CT molecular complexity index is 886. The normalized spacial score (nSPS) is 12.0. The maximum atomic E-state index is 12.4. The third-order valence-electron chi connectivity index (χ3n) is 3.42. The van der Waals surface area contributed by atoms with Crippen molar-refractivity contribution >= 4 is 22.8 Å². The number of aryl methyl sites for hydroxylation is 1. The quantitative estimate of drug-likeness (QED) is 0.783. The van der Waals surface area contributed by atoms with Gasteiger partial charge in [-0.25, -0.2) is 4.68 Å². The fraction of sp³-hybridized carbons (Fsp3) is 0.214. The Balaban J connectivity index is 1.89. The van der Waals surface area contributed by atoms with Crippen LogP contribution in [0.3, 0.4) is 0 Å². The Morgan fingerprint density at radius 1 is 1.41 bits per heavy atom. The lowest BCUT2D eigenvalue weighted by Crippen LogP contribution is -2.26. The molecule has 2 aromatic heterocycles. The highest BCUT2D eigenvalue weighted by molar-refractivity contribution is 5.94. The summed E-state index contributed by atoms with van der Waals surface area (Å²) in [6.07, 6.45) is 1.41. The van der Waals surface area contributed by atoms with E-state index >= 15 is 0 Å². The summed E-state index contributed by atoms with van der Waals surface area (Å²) in [6, 6.07) is 8.82. The van der Waals surface area contributed by atoms with E-state index in [4.69, 9.17) is 5.26 Å². The smallest absolute Gasteiger partial charge is 0.250 e. The SMILES string of the molecule is CC(C(=O)Nc1c(C#N)cnn1C)n1nnc2ccccc21. The van der Waals surface area contributed by atoms with E-state index in [1.54, 1.807) is 18.7 Å². The fourth-order valence-corrected chi connectivity index (χ4v) is 2.17. The molecular formula is C14H13N7O. The molecule has 1 atom stereocenters. The number of hydrogen-bond donors (Lipinski definition) is 1. The summed E-state index contributed by atoms with van der Waals surface area (Å²) in [4.78, 5) is 12.4. The highest BCUT2D eigenvalue weighted by Gasteiger charge is 2.21. The highest BCUT2D eigenvalue weighted by Crippen LogP contribution is 2.18. The predicted octanol–water partition coefficient (Wildman–Crippen LogP) is 1.24. The molecule has 8 heteroatoms. The molecule has 22 heavy (non-hydrogen) atoms. The molecule has 0 aliphatic carbocycles. The van der Waals surface area contributed by atoms with Crippen molar-refractivity contribution in [2.45, 2.75) is 13.0 Å². The van der Waals surface area contributed by atoms with Gasteiger partial charge in [0.15, 0.2) is 0 Å². The molecule has 1 N–H and O–H groups in total. The number of hydrogen-bond acceptors (Lipinski definition) is 5. The van der Waals surface area contributed by atoms with E-state index in [-0.39, 0.29) is 5.91 Å². The lowest BCUT2D eigenvalue weighted by Gasteiger charge is -2.13. The van der Waals surface area contributed by atoms with Crippen LogP contribution in [0.25, 0.3) is 11.0 Å². The summed E-state index contributed by atoms with van der Waals surface area (Å²) in [7, 11) is 1.66. The van der Waals surface area contributed by atoms with Gasteiger partial charge < -0.3 is 5.32 Å². The number of fused-ring (bicyclic) bond motifs is 1. The second kappa shape index (κ2) is 5.29. The van der Waals surface area contributed by atoms with Crippen molar-refractivity contribution in [2.75, 3.05) is 5.32 Å². The van der Waals surface area contributed by atoms with Crippen LogP contribution >= 0.6 is 0 Å². The molecule has 2 heterocycles. The second-order valence-electron chi connectivity index (χ2n) is 4.83. The Kier molecular flexibility index (Phi) is 3.31. The van der Waals surface area contributed by atoms with Crippen LogP contribution in [0.15, 0.2) is 30.5 Å². The summed E-state index contributed by atoms with van der Waals surface area (Å²) in [5.41, 5.74) is 1.81. The number of benzene rings is 1. The number of rotatable bonds is 3. The van der Waals surface area contributed by atoms with Crippen LogP contribution in [0.4, 0.5) is 5.82 Å². The van der Waals surface area contributed by atoms with Crippen molar-refractivity contribution in [3.8, 4) is 6.07 Å². The molecule has 0 bridgehead atoms. The number of para-hydroxylation sites is 1. The first-order valence-electron chi connectivity index (χ1n) is 6.64. The minimum Gasteiger partial charge on any atom is -0.308 e. The molecule has 1 amide bonds. The van der Waals surface area contributed by atoms with Crippen molar-refractivity contribution in [1.82, 2.24) is 24.8 Å². The largest absolute Gasteiger partial charge is 0.308 e. The highest BCUT2D eigenvalue weighted by atomic mass is 16.2. The van der Waals surface area contributed by atoms with Crippen LogP contribution in [0.2, 0.25) is 0 Å². The molecule has 0 fully saturated rings. The van der Waals surface area contributed by atoms with Gasteiger partial charge >= 0.3 is 0 Å². The summed E-state index contributed by atoms with van der Waals surface area (Å²) in [5.74, 6) is 0.0690. The van der Waals surface area contributed by atoms with Crippen LogP contribution in [-0.2, 0) is 11.8 Å². The van der Waals surface area contributed by atoms with Crippen LogP contribution in [-0.4, -0.2) is 30.7 Å². The Morgan fingerprint density at radius 2 is 2.18 bits per heavy atom. The maximum absolute atomic E-state index is 12.4. The van der Waals surface area contributed by atoms with E-state index in [9.17, 15) is 4.79 Å². The molecule has 0 aliphatic heterocycles. The fourth-order valence-electron chi connectivity index (χ4n) is 2.17. The van der Waals surface area contributed by atoms with E-state index in [0.29, 0.717) is 11.4 Å². The molecule has 3 rings (SSSR count). The van der Waals surface area contributed by atoms with Gasteiger partial charge in [0.25, 0.3) is 0 Å². The molecule has 0 radical (unpaired) electrons. The minimum atomic E-state index is -0.575. The number of carbonyl (C=O) groups is 1. The maximum Gasteiger partial charge on any atom is 0.250 e. The molecule has 110 valence electrons. The zero-order chi connectivity index (χ0) is 15.7. The van der Waals surface area contributed by atoms with E-state index in [1.165, 1.54) is 10.9 Å². The van der Waals surface area contributed by atoms with E-state index in [0.717, 1.165) is 11.0 Å². The van der Waals surface area contributed by atoms with Gasteiger partial charge in [-0.15, -0.1) is 5.10 Å². The number of amides is 1. The molecule has 1 aromatic carbocycles. The summed E-state index contributed by atoms with van der Waals surface area (Å²) in [5, 5.41) is 23.8. The van der Waals surface area contributed by atoms with Gasteiger partial charge in [0.1, 0.15) is 29.0 Å². The Morgan fingerprint density at radius 3 is 2.95 bits per heavy atom. The monoisotopic (exact) mass is 295 g/mol. The van der Waals surface area contributed by atoms with Crippen molar-refractivity contribution < 1.29 is 4.79 Å². The zero-order valence-corrected chi connectivity index (χ0v) is 12.1. The average molecular weight is 295 g/mol. The lowest BCUT2D eigenvalue weighted by atomic mass is 10.2. The number of anilines is 1. The van der Waals surface area contributed by atoms with Gasteiger partial charge in [0, 0.05) is 7.05 Å². The van der Waals surface area contributed by atoms with Gasteiger partial charge in [-0.3, -0.25) is 9.48 Å². The predicted molar refractivity (Wildman–Crippen MR) is 78.8 cm³/mol. The standard InChI is InChI=1S/C14H13N7O/c1-9(21-12-6-4-3-5-11(12)18-19-21)14(22)17-13-10(7-15)8-16-20(13)2/h3-6,8-9H,1-2H3,(H,17,22). The summed E-state index contributed by atoms with van der Waals surface area (Å²) >= 11 is 0. The first-order chi connectivity index (χ1) is 10.6. The van der Waals surface area contributed by atoms with Gasteiger partial charge in [-0.2, -0.15) is 10.4 Å². The van der Waals surface area contributed by atoms with Crippen LogP contribution in [0, 0.1) is 11.3 Å². The molecule has 8 nitrogen and oxygen atoms in total. The van der Waals surface area contributed by atoms with Crippen molar-refractivity contribution in [1.29, 1.82) is 5.26 Å². The average Bonchev–Trinajstić information content (AvgIpc) is 3.11. The third-order valence-corrected chi connectivity index (χ3v) is 3.42. The Hall–Kier alpha value is -3.21. The van der Waals surface area contributed by atoms with E-state index < -0.39 is 6.04 Å². The summed E-state index contributed by atoms with van der Waals surface area (Å²) in [6.45, 7) is 1.72. The molecule has 0 spiro atoms. The van der Waals surface area contributed by atoms with E-state index in [1.807, 2.05) is 30.3 Å². The van der Waals surface area contributed by atoms with E-state index in [2.05, 4.69) is 20.7 Å². The number of aromatic nitrogens is 5. The number of nitrogens with zero attached hydrogens (tertiary/aromatic N) is 6. The number of nitrogens with one attached hydrogen (secondary N) is 1. The first kappa shape index (κ1) is 13.8. The van der Waals surface area contributed by atoms with Crippen LogP contribution in [0.5, 0.6) is 0 Å². The van der Waals surface area contributed by atoms with Crippen molar-refractivity contribution in [3.05, 3.63) is 36.0 Å². The zero-order valence-electron chi connectivity index (χ0n) is 12.1. The second-order valence-corrected chi connectivity index (χ2v) is 4.83. The van der Waals surface area contributed by atoms with Gasteiger partial charge in [0.2, 0.25) is 5.91 Å². The van der Waals surface area contributed by atoms with Crippen LogP contribution in [0.1, 0.15) is 18.5 Å². The molecule has 3 aromatic rings. The number of nitriles is 1.